The highest BCUT2D eigenvalue weighted by Gasteiger charge is 2.35. The maximum absolute atomic E-state index is 12.4. The van der Waals surface area contributed by atoms with Gasteiger partial charge in [0.2, 0.25) is 17.6 Å². The van der Waals surface area contributed by atoms with Crippen molar-refractivity contribution >= 4 is 5.91 Å². The van der Waals surface area contributed by atoms with Gasteiger partial charge in [-0.25, -0.2) is 0 Å². The van der Waals surface area contributed by atoms with Crippen molar-refractivity contribution in [1.29, 1.82) is 0 Å². The standard InChI is InChI=1S/C21H21N3O2/c1-14-8-9-17(12-15(14)2)20-22-21(26-23-20)18-10-11-19(25)24(18)13-16-6-4-3-5-7-16/h3-9,12,18H,10-11,13H2,1-2H3. The summed E-state index contributed by atoms with van der Waals surface area (Å²) in [5, 5.41) is 4.14. The van der Waals surface area contributed by atoms with E-state index in [0.717, 1.165) is 11.1 Å². The number of aromatic nitrogens is 2. The molecule has 0 saturated carbocycles. The number of rotatable bonds is 4. The number of likely N-dealkylation sites (tertiary alicyclic amines) is 1. The van der Waals surface area contributed by atoms with Crippen molar-refractivity contribution in [2.24, 2.45) is 0 Å². The lowest BCUT2D eigenvalue weighted by molar-refractivity contribution is -0.129. The van der Waals surface area contributed by atoms with Crippen LogP contribution in [-0.2, 0) is 11.3 Å². The maximum Gasteiger partial charge on any atom is 0.249 e. The molecule has 0 radical (unpaired) electrons. The second-order valence-electron chi connectivity index (χ2n) is 6.82. The molecule has 1 unspecified atom stereocenters. The molecular formula is C21H21N3O2. The minimum atomic E-state index is -0.157. The van der Waals surface area contributed by atoms with Gasteiger partial charge >= 0.3 is 0 Å². The first-order valence-corrected chi connectivity index (χ1v) is 8.86. The number of aryl methyl sites for hydroxylation is 2. The Labute approximate surface area is 152 Å². The van der Waals surface area contributed by atoms with Crippen LogP contribution < -0.4 is 0 Å². The normalized spacial score (nSPS) is 17.1. The van der Waals surface area contributed by atoms with Gasteiger partial charge in [0.15, 0.2) is 0 Å². The lowest BCUT2D eigenvalue weighted by atomic mass is 10.1. The molecule has 1 aliphatic heterocycles. The van der Waals surface area contributed by atoms with Crippen molar-refractivity contribution in [3.8, 4) is 11.4 Å². The smallest absolute Gasteiger partial charge is 0.249 e. The molecule has 5 heteroatoms. The van der Waals surface area contributed by atoms with Crippen molar-refractivity contribution < 1.29 is 9.32 Å². The highest BCUT2D eigenvalue weighted by Crippen LogP contribution is 2.34. The average Bonchev–Trinajstić information content (AvgIpc) is 3.26. The van der Waals surface area contributed by atoms with Gasteiger partial charge in [0, 0.05) is 18.5 Å². The third-order valence-electron chi connectivity index (χ3n) is 5.02. The maximum atomic E-state index is 12.4. The largest absolute Gasteiger partial charge is 0.337 e. The summed E-state index contributed by atoms with van der Waals surface area (Å²) in [5.74, 6) is 1.21. The van der Waals surface area contributed by atoms with Gasteiger partial charge < -0.3 is 9.42 Å². The van der Waals surface area contributed by atoms with Gasteiger partial charge in [0.1, 0.15) is 6.04 Å². The zero-order valence-corrected chi connectivity index (χ0v) is 15.0. The number of benzene rings is 2. The van der Waals surface area contributed by atoms with Gasteiger partial charge in [-0.3, -0.25) is 4.79 Å². The molecule has 0 spiro atoms. The molecule has 1 atom stereocenters. The van der Waals surface area contributed by atoms with E-state index in [4.69, 9.17) is 4.52 Å². The second-order valence-corrected chi connectivity index (χ2v) is 6.82. The van der Waals surface area contributed by atoms with Crippen LogP contribution in [0.15, 0.2) is 53.1 Å². The summed E-state index contributed by atoms with van der Waals surface area (Å²) in [5.41, 5.74) is 4.45. The fourth-order valence-corrected chi connectivity index (χ4v) is 3.34. The molecule has 1 fully saturated rings. The Morgan fingerprint density at radius 2 is 1.92 bits per heavy atom. The van der Waals surface area contributed by atoms with E-state index in [-0.39, 0.29) is 11.9 Å². The fourth-order valence-electron chi connectivity index (χ4n) is 3.34. The summed E-state index contributed by atoms with van der Waals surface area (Å²) < 4.78 is 5.53. The molecule has 1 amide bonds. The van der Waals surface area contributed by atoms with Crippen LogP contribution in [-0.4, -0.2) is 20.9 Å². The second kappa shape index (κ2) is 6.75. The highest BCUT2D eigenvalue weighted by molar-refractivity contribution is 5.78. The molecule has 132 valence electrons. The average molecular weight is 347 g/mol. The molecule has 2 heterocycles. The van der Waals surface area contributed by atoms with Crippen LogP contribution in [0.5, 0.6) is 0 Å². The van der Waals surface area contributed by atoms with Crippen molar-refractivity contribution in [3.63, 3.8) is 0 Å². The van der Waals surface area contributed by atoms with E-state index in [0.29, 0.717) is 31.1 Å². The summed E-state index contributed by atoms with van der Waals surface area (Å²) in [6.07, 6.45) is 1.22. The fraction of sp³-hybridized carbons (Fsp3) is 0.286. The van der Waals surface area contributed by atoms with Crippen LogP contribution in [0.1, 0.15) is 41.5 Å². The van der Waals surface area contributed by atoms with Gasteiger partial charge in [0.25, 0.3) is 0 Å². The lowest BCUT2D eigenvalue weighted by Crippen LogP contribution is -2.27. The Kier molecular flexibility index (Phi) is 4.29. The van der Waals surface area contributed by atoms with Gasteiger partial charge in [-0.05, 0) is 43.0 Å². The first-order valence-electron chi connectivity index (χ1n) is 8.86. The van der Waals surface area contributed by atoms with E-state index in [2.05, 4.69) is 36.1 Å². The quantitative estimate of drug-likeness (QED) is 0.709. The Balaban J connectivity index is 1.59. The summed E-state index contributed by atoms with van der Waals surface area (Å²) >= 11 is 0. The zero-order valence-electron chi connectivity index (χ0n) is 15.0. The summed E-state index contributed by atoms with van der Waals surface area (Å²) in [6, 6.07) is 15.9. The summed E-state index contributed by atoms with van der Waals surface area (Å²) in [4.78, 5) is 18.8. The number of amides is 1. The number of carbonyl (C=O) groups excluding carboxylic acids is 1. The van der Waals surface area contributed by atoms with Crippen LogP contribution in [0, 0.1) is 13.8 Å². The Hall–Kier alpha value is -2.95. The van der Waals surface area contributed by atoms with Gasteiger partial charge in [0.05, 0.1) is 0 Å². The van der Waals surface area contributed by atoms with E-state index < -0.39 is 0 Å². The molecule has 0 N–H and O–H groups in total. The molecule has 1 saturated heterocycles. The first kappa shape index (κ1) is 16.5. The molecule has 0 aliphatic carbocycles. The van der Waals surface area contributed by atoms with Crippen LogP contribution >= 0.6 is 0 Å². The Morgan fingerprint density at radius 3 is 2.69 bits per heavy atom. The summed E-state index contributed by atoms with van der Waals surface area (Å²) in [6.45, 7) is 4.70. The number of nitrogens with zero attached hydrogens (tertiary/aromatic N) is 3. The molecule has 2 aromatic carbocycles. The predicted molar refractivity (Wildman–Crippen MR) is 98.2 cm³/mol. The van der Waals surface area contributed by atoms with Gasteiger partial charge in [-0.2, -0.15) is 4.98 Å². The Bertz CT molecular complexity index is 933. The van der Waals surface area contributed by atoms with Crippen molar-refractivity contribution in [3.05, 3.63) is 71.1 Å². The van der Waals surface area contributed by atoms with Crippen LogP contribution in [0.2, 0.25) is 0 Å². The molecule has 4 rings (SSSR count). The van der Waals surface area contributed by atoms with Crippen LogP contribution in [0.25, 0.3) is 11.4 Å². The Morgan fingerprint density at radius 1 is 1.12 bits per heavy atom. The molecule has 1 aromatic heterocycles. The molecule has 3 aromatic rings. The van der Waals surface area contributed by atoms with Crippen molar-refractivity contribution in [2.75, 3.05) is 0 Å². The molecule has 26 heavy (non-hydrogen) atoms. The molecule has 5 nitrogen and oxygen atoms in total. The van der Waals surface area contributed by atoms with Crippen molar-refractivity contribution in [2.45, 2.75) is 39.3 Å². The number of carbonyl (C=O) groups is 1. The van der Waals surface area contributed by atoms with E-state index in [1.165, 1.54) is 11.1 Å². The van der Waals surface area contributed by atoms with Gasteiger partial charge in [-0.1, -0.05) is 47.6 Å². The van der Waals surface area contributed by atoms with E-state index in [1.807, 2.05) is 41.3 Å². The van der Waals surface area contributed by atoms with E-state index >= 15 is 0 Å². The number of hydrogen-bond acceptors (Lipinski definition) is 4. The third kappa shape index (κ3) is 3.12. The molecular weight excluding hydrogens is 326 g/mol. The minimum Gasteiger partial charge on any atom is -0.337 e. The predicted octanol–water partition coefficient (Wildman–Crippen LogP) is 4.22. The van der Waals surface area contributed by atoms with Gasteiger partial charge in [-0.15, -0.1) is 0 Å². The third-order valence-corrected chi connectivity index (χ3v) is 5.02. The number of hydrogen-bond donors (Lipinski definition) is 0. The molecule has 0 bridgehead atoms. The highest BCUT2D eigenvalue weighted by atomic mass is 16.5. The van der Waals surface area contributed by atoms with Crippen molar-refractivity contribution in [1.82, 2.24) is 15.0 Å². The van der Waals surface area contributed by atoms with Crippen LogP contribution in [0.4, 0.5) is 0 Å². The van der Waals surface area contributed by atoms with Crippen LogP contribution in [0.3, 0.4) is 0 Å². The SMILES string of the molecule is Cc1ccc(-c2noc(C3CCC(=O)N3Cc3ccccc3)n2)cc1C. The van der Waals surface area contributed by atoms with E-state index in [1.54, 1.807) is 0 Å². The molecule has 1 aliphatic rings. The van der Waals surface area contributed by atoms with E-state index in [9.17, 15) is 4.79 Å². The summed E-state index contributed by atoms with van der Waals surface area (Å²) in [7, 11) is 0. The zero-order chi connectivity index (χ0) is 18.1. The minimum absolute atomic E-state index is 0.129. The first-order chi connectivity index (χ1) is 12.6. The lowest BCUT2D eigenvalue weighted by Gasteiger charge is -2.22. The monoisotopic (exact) mass is 347 g/mol. The topological polar surface area (TPSA) is 59.2 Å².